The van der Waals surface area contributed by atoms with E-state index in [1.165, 1.54) is 27.9 Å². The number of rotatable bonds is 8. The number of Topliss-reactive ketones (excluding diaryl/α,β-unsaturated/α-hetero) is 1. The van der Waals surface area contributed by atoms with Gasteiger partial charge >= 0.3 is 5.97 Å². The van der Waals surface area contributed by atoms with E-state index in [0.29, 0.717) is 24.5 Å². The van der Waals surface area contributed by atoms with Crippen molar-refractivity contribution in [1.82, 2.24) is 4.31 Å². The summed E-state index contributed by atoms with van der Waals surface area (Å²) in [5.74, 6) is -1.58. The third-order valence-corrected chi connectivity index (χ3v) is 8.75. The molecule has 0 aliphatic carbocycles. The predicted molar refractivity (Wildman–Crippen MR) is 137 cm³/mol. The summed E-state index contributed by atoms with van der Waals surface area (Å²) in [6, 6.07) is 14.1. The maximum absolute atomic E-state index is 12.8. The summed E-state index contributed by atoms with van der Waals surface area (Å²) in [4.78, 5) is 37.6. The molecule has 1 amide bonds. The smallest absolute Gasteiger partial charge is 0.338 e. The maximum Gasteiger partial charge on any atom is 0.338 e. The van der Waals surface area contributed by atoms with E-state index in [0.717, 1.165) is 15.8 Å². The molecule has 0 spiro atoms. The Labute approximate surface area is 220 Å². The number of sulfonamides is 1. The maximum atomic E-state index is 12.8. The molecule has 36 heavy (non-hydrogen) atoms. The van der Waals surface area contributed by atoms with Gasteiger partial charge in [-0.15, -0.1) is 11.3 Å². The molecular weight excluding hydrogens is 572 g/mol. The van der Waals surface area contributed by atoms with E-state index in [4.69, 9.17) is 9.47 Å². The molecule has 0 radical (unpaired) electrons. The number of esters is 1. The quantitative estimate of drug-likeness (QED) is 0.312. The molecule has 3 aromatic rings. The number of benzene rings is 2. The van der Waals surface area contributed by atoms with Crippen LogP contribution in [-0.2, 0) is 19.5 Å². The summed E-state index contributed by atoms with van der Waals surface area (Å²) < 4.78 is 38.0. The number of thiophene rings is 1. The fourth-order valence-corrected chi connectivity index (χ4v) is 6.19. The van der Waals surface area contributed by atoms with Gasteiger partial charge in [0.25, 0.3) is 5.91 Å². The lowest BCUT2D eigenvalue weighted by Crippen LogP contribution is -2.40. The minimum absolute atomic E-state index is 0.0484. The first-order valence-corrected chi connectivity index (χ1v) is 13.9. The van der Waals surface area contributed by atoms with Crippen LogP contribution in [0, 0.1) is 0 Å². The molecule has 4 rings (SSSR count). The van der Waals surface area contributed by atoms with Crippen LogP contribution in [-0.4, -0.2) is 63.3 Å². The van der Waals surface area contributed by atoms with Crippen LogP contribution in [0.15, 0.2) is 69.3 Å². The third-order valence-electron chi connectivity index (χ3n) is 5.26. The van der Waals surface area contributed by atoms with Gasteiger partial charge in [-0.25, -0.2) is 13.2 Å². The molecule has 9 nitrogen and oxygen atoms in total. The zero-order chi connectivity index (χ0) is 25.7. The minimum Gasteiger partial charge on any atom is -0.454 e. The van der Waals surface area contributed by atoms with Gasteiger partial charge in [-0.1, -0.05) is 34.1 Å². The Balaban J connectivity index is 1.37. The van der Waals surface area contributed by atoms with Crippen molar-refractivity contribution in [2.24, 2.45) is 0 Å². The number of hydrogen-bond donors (Lipinski definition) is 1. The molecule has 0 atom stereocenters. The summed E-state index contributed by atoms with van der Waals surface area (Å²) in [6.07, 6.45) is 0. The fourth-order valence-electron chi connectivity index (χ4n) is 3.36. The molecule has 1 aromatic heterocycles. The van der Waals surface area contributed by atoms with Gasteiger partial charge in [0.15, 0.2) is 12.4 Å². The van der Waals surface area contributed by atoms with Crippen molar-refractivity contribution in [2.75, 3.05) is 38.2 Å². The average Bonchev–Trinajstić information content (AvgIpc) is 3.40. The Morgan fingerprint density at radius 1 is 1.03 bits per heavy atom. The van der Waals surface area contributed by atoms with Crippen molar-refractivity contribution < 1.29 is 32.3 Å². The molecular formula is C24H21BrN2O7S2. The highest BCUT2D eigenvalue weighted by Gasteiger charge is 2.28. The molecule has 1 aliphatic rings. The second-order valence-corrected chi connectivity index (χ2v) is 11.5. The molecule has 2 aromatic carbocycles. The molecule has 188 valence electrons. The van der Waals surface area contributed by atoms with E-state index >= 15 is 0 Å². The van der Waals surface area contributed by atoms with Gasteiger partial charge in [0, 0.05) is 34.2 Å². The van der Waals surface area contributed by atoms with E-state index in [-0.39, 0.29) is 34.2 Å². The Bertz CT molecular complexity index is 1380. The van der Waals surface area contributed by atoms with Crippen molar-refractivity contribution in [2.45, 2.75) is 4.90 Å². The zero-order valence-corrected chi connectivity index (χ0v) is 22.0. The molecule has 1 aliphatic heterocycles. The Kier molecular flexibility index (Phi) is 8.32. The number of carbonyl (C=O) groups is 3. The Morgan fingerprint density at radius 3 is 2.47 bits per heavy atom. The lowest BCUT2D eigenvalue weighted by Gasteiger charge is -2.25. The lowest BCUT2D eigenvalue weighted by atomic mass is 10.1. The van der Waals surface area contributed by atoms with E-state index in [2.05, 4.69) is 21.2 Å². The lowest BCUT2D eigenvalue weighted by molar-refractivity contribution is 0.0474. The van der Waals surface area contributed by atoms with Crippen LogP contribution in [0.5, 0.6) is 0 Å². The largest absolute Gasteiger partial charge is 0.454 e. The number of ether oxygens (including phenoxy) is 2. The van der Waals surface area contributed by atoms with Crippen molar-refractivity contribution >= 4 is 60.6 Å². The predicted octanol–water partition coefficient (Wildman–Crippen LogP) is 3.82. The number of morpholine rings is 1. The van der Waals surface area contributed by atoms with E-state index in [1.807, 2.05) is 0 Å². The standard InChI is InChI=1S/C24H21BrN2O7S2/c25-18-6-4-16(5-7-18)21(28)14-34-24(30)17-2-1-3-19(12-17)26-23(29)22-13-20(15-35-22)36(31,32)27-8-10-33-11-9-27/h1-7,12-13,15H,8-11,14H2,(H,26,29). The Hall–Kier alpha value is -2.90. The number of nitrogens with one attached hydrogen (secondary N) is 1. The zero-order valence-electron chi connectivity index (χ0n) is 18.8. The highest BCUT2D eigenvalue weighted by molar-refractivity contribution is 9.10. The number of carbonyl (C=O) groups excluding carboxylic acids is 3. The topological polar surface area (TPSA) is 119 Å². The summed E-state index contributed by atoms with van der Waals surface area (Å²) >= 11 is 4.30. The minimum atomic E-state index is -3.71. The SMILES string of the molecule is O=C(COC(=O)c1cccc(NC(=O)c2cc(S(=O)(=O)N3CCOCC3)cs2)c1)c1ccc(Br)cc1. The van der Waals surface area contributed by atoms with Crippen LogP contribution >= 0.6 is 27.3 Å². The number of ketones is 1. The Morgan fingerprint density at radius 2 is 1.75 bits per heavy atom. The first kappa shape index (κ1) is 26.2. The second-order valence-electron chi connectivity index (χ2n) is 7.70. The van der Waals surface area contributed by atoms with E-state index < -0.39 is 28.5 Å². The van der Waals surface area contributed by atoms with Gasteiger partial charge in [0.1, 0.15) is 0 Å². The number of hydrogen-bond acceptors (Lipinski definition) is 8. The van der Waals surface area contributed by atoms with Gasteiger partial charge in [-0.3, -0.25) is 9.59 Å². The molecule has 1 N–H and O–H groups in total. The van der Waals surface area contributed by atoms with Crippen molar-refractivity contribution in [3.63, 3.8) is 0 Å². The van der Waals surface area contributed by atoms with Crippen LogP contribution in [0.3, 0.4) is 0 Å². The van der Waals surface area contributed by atoms with Gasteiger partial charge in [0.2, 0.25) is 10.0 Å². The molecule has 0 unspecified atom stereocenters. The monoisotopic (exact) mass is 592 g/mol. The molecule has 2 heterocycles. The summed E-state index contributed by atoms with van der Waals surface area (Å²) in [5.41, 5.74) is 0.885. The van der Waals surface area contributed by atoms with Crippen LogP contribution in [0.2, 0.25) is 0 Å². The molecule has 0 bridgehead atoms. The highest BCUT2D eigenvalue weighted by Crippen LogP contribution is 2.24. The van der Waals surface area contributed by atoms with Gasteiger partial charge in [-0.05, 0) is 36.4 Å². The molecule has 12 heteroatoms. The van der Waals surface area contributed by atoms with Crippen LogP contribution < -0.4 is 5.32 Å². The van der Waals surface area contributed by atoms with Crippen molar-refractivity contribution in [3.05, 3.63) is 80.5 Å². The molecule has 1 fully saturated rings. The van der Waals surface area contributed by atoms with E-state index in [9.17, 15) is 22.8 Å². The van der Waals surface area contributed by atoms with Gasteiger partial charge in [0.05, 0.1) is 28.5 Å². The van der Waals surface area contributed by atoms with Gasteiger partial charge in [-0.2, -0.15) is 4.31 Å². The fraction of sp³-hybridized carbons (Fsp3) is 0.208. The molecule has 1 saturated heterocycles. The van der Waals surface area contributed by atoms with Crippen LogP contribution in [0.1, 0.15) is 30.4 Å². The number of anilines is 1. The first-order chi connectivity index (χ1) is 17.2. The van der Waals surface area contributed by atoms with Crippen LogP contribution in [0.25, 0.3) is 0 Å². The highest BCUT2D eigenvalue weighted by atomic mass is 79.9. The summed E-state index contributed by atoms with van der Waals surface area (Å²) in [5, 5.41) is 4.08. The van der Waals surface area contributed by atoms with E-state index in [1.54, 1.807) is 36.4 Å². The normalized spacial score (nSPS) is 14.2. The summed E-state index contributed by atoms with van der Waals surface area (Å²) in [7, 11) is -3.71. The van der Waals surface area contributed by atoms with Crippen molar-refractivity contribution in [1.29, 1.82) is 0 Å². The van der Waals surface area contributed by atoms with Crippen molar-refractivity contribution in [3.8, 4) is 0 Å². The van der Waals surface area contributed by atoms with Crippen LogP contribution in [0.4, 0.5) is 5.69 Å². The number of halogens is 1. The van der Waals surface area contributed by atoms with Gasteiger partial charge < -0.3 is 14.8 Å². The average molecular weight is 593 g/mol. The number of amides is 1. The molecule has 0 saturated carbocycles. The number of nitrogens with zero attached hydrogens (tertiary/aromatic N) is 1. The third kappa shape index (κ3) is 6.26. The first-order valence-electron chi connectivity index (χ1n) is 10.8. The summed E-state index contributed by atoms with van der Waals surface area (Å²) in [6.45, 7) is 0.753. The second kappa shape index (κ2) is 11.4.